The van der Waals surface area contributed by atoms with Gasteiger partial charge in [0.15, 0.2) is 0 Å². The summed E-state index contributed by atoms with van der Waals surface area (Å²) in [6, 6.07) is 0. The predicted octanol–water partition coefficient (Wildman–Crippen LogP) is 11.0. The lowest BCUT2D eigenvalue weighted by atomic mass is 10.1. The van der Waals surface area contributed by atoms with Crippen LogP contribution < -0.4 is 26.6 Å². The van der Waals surface area contributed by atoms with Crippen molar-refractivity contribution in [2.24, 2.45) is 59.2 Å². The summed E-state index contributed by atoms with van der Waals surface area (Å²) in [5, 5.41) is 14.7. The van der Waals surface area contributed by atoms with E-state index in [4.69, 9.17) is 0 Å². The minimum atomic E-state index is 0.161. The molecule has 0 fully saturated rings. The number of hydrogen-bond donors (Lipinski definition) is 5. The molecule has 0 aliphatic rings. The topological polar surface area (TPSA) is 146 Å². The molecule has 10 atom stereocenters. The standard InChI is InChI=1S/5C10H21NO/c5*1-5-8(3)7-11-10(12)9(4)6-2/h5*8-9H,5-7H2,1-4H3,(H,11,12)/t2*8-,9+;2*8-,9-;/m1010./s1. The molecule has 0 aliphatic heterocycles. The molecular formula is C50H105N5O5. The van der Waals surface area contributed by atoms with Crippen LogP contribution in [-0.2, 0) is 24.0 Å². The molecule has 0 aromatic carbocycles. The normalized spacial score (nSPS) is 15.3. The highest BCUT2D eigenvalue weighted by Crippen LogP contribution is 2.06. The molecule has 0 radical (unpaired) electrons. The molecule has 10 nitrogen and oxygen atoms in total. The van der Waals surface area contributed by atoms with E-state index < -0.39 is 0 Å². The highest BCUT2D eigenvalue weighted by atomic mass is 16.2. The smallest absolute Gasteiger partial charge is 0.222 e. The van der Waals surface area contributed by atoms with E-state index in [1.807, 2.05) is 69.2 Å². The average molecular weight is 856 g/mol. The summed E-state index contributed by atoms with van der Waals surface area (Å²) in [7, 11) is 0. The van der Waals surface area contributed by atoms with Gasteiger partial charge in [-0.1, -0.05) is 171 Å². The molecular weight excluding hydrogens is 751 g/mol. The molecule has 0 rings (SSSR count). The second kappa shape index (κ2) is 44.4. The molecule has 0 saturated heterocycles. The Morgan fingerprint density at radius 2 is 0.367 bits per heavy atom. The van der Waals surface area contributed by atoms with Crippen molar-refractivity contribution in [1.29, 1.82) is 0 Å². The molecule has 5 N–H and O–H groups in total. The van der Waals surface area contributed by atoms with E-state index >= 15 is 0 Å². The van der Waals surface area contributed by atoms with Gasteiger partial charge in [0.25, 0.3) is 0 Å². The number of hydrogen-bond acceptors (Lipinski definition) is 5. The Bertz CT molecular complexity index is 855. The summed E-state index contributed by atoms with van der Waals surface area (Å²) in [5.41, 5.74) is 0. The van der Waals surface area contributed by atoms with Crippen LogP contribution in [0.25, 0.3) is 0 Å². The Balaban J connectivity index is -0.000000210. The first-order valence-electron chi connectivity index (χ1n) is 24.5. The van der Waals surface area contributed by atoms with E-state index in [0.29, 0.717) is 29.6 Å². The van der Waals surface area contributed by atoms with Crippen molar-refractivity contribution in [3.05, 3.63) is 0 Å². The van der Waals surface area contributed by atoms with Gasteiger partial charge >= 0.3 is 0 Å². The van der Waals surface area contributed by atoms with Gasteiger partial charge in [0.2, 0.25) is 29.5 Å². The van der Waals surface area contributed by atoms with Gasteiger partial charge in [-0.3, -0.25) is 24.0 Å². The Morgan fingerprint density at radius 3 is 0.450 bits per heavy atom. The van der Waals surface area contributed by atoms with E-state index in [0.717, 1.165) is 96.9 Å². The SMILES string of the molecule is CCC(C)CNC(=O)C(C)CC.CC[C@@H](C)CNC(=O)[C@@H](C)CC.CC[C@@H](C)CNC(=O)[C@H](C)CC.CC[C@H](C)CNC(=O)[C@@H](C)CC.CC[C@H](C)CNC(=O)[C@H](C)CC. The fourth-order valence-corrected chi connectivity index (χ4v) is 3.89. The van der Waals surface area contributed by atoms with E-state index in [9.17, 15) is 24.0 Å². The monoisotopic (exact) mass is 856 g/mol. The summed E-state index contributed by atoms with van der Waals surface area (Å²) < 4.78 is 0. The number of carbonyl (C=O) groups is 5. The molecule has 0 spiro atoms. The van der Waals surface area contributed by atoms with Crippen molar-refractivity contribution >= 4 is 29.5 Å². The van der Waals surface area contributed by atoms with Crippen molar-refractivity contribution in [1.82, 2.24) is 26.6 Å². The quantitative estimate of drug-likeness (QED) is 0.0621. The van der Waals surface area contributed by atoms with Crippen LogP contribution in [-0.4, -0.2) is 62.3 Å². The first-order chi connectivity index (χ1) is 28.1. The second-order valence-corrected chi connectivity index (χ2v) is 17.8. The largest absolute Gasteiger partial charge is 0.356 e. The molecule has 5 amide bonds. The number of amides is 5. The lowest BCUT2D eigenvalue weighted by Crippen LogP contribution is -2.32. The van der Waals surface area contributed by atoms with E-state index in [1.54, 1.807) is 0 Å². The molecule has 0 bridgehead atoms. The zero-order valence-electron chi connectivity index (χ0n) is 43.4. The van der Waals surface area contributed by atoms with E-state index in [1.165, 1.54) is 0 Å². The average Bonchev–Trinajstić information content (AvgIpc) is 3.28. The van der Waals surface area contributed by atoms with Crippen LogP contribution >= 0.6 is 0 Å². The van der Waals surface area contributed by atoms with Crippen LogP contribution in [0.4, 0.5) is 0 Å². The lowest BCUT2D eigenvalue weighted by Gasteiger charge is -2.13. The third kappa shape index (κ3) is 42.1. The lowest BCUT2D eigenvalue weighted by molar-refractivity contribution is -0.125. The number of rotatable bonds is 25. The molecule has 0 aromatic heterocycles. The summed E-state index contributed by atoms with van der Waals surface area (Å²) in [4.78, 5) is 56.4. The highest BCUT2D eigenvalue weighted by Gasteiger charge is 2.13. The summed E-state index contributed by atoms with van der Waals surface area (Å²) in [6.45, 7) is 45.5. The first kappa shape index (κ1) is 66.4. The van der Waals surface area contributed by atoms with Crippen molar-refractivity contribution in [2.45, 2.75) is 203 Å². The maximum Gasteiger partial charge on any atom is 0.222 e. The van der Waals surface area contributed by atoms with Crippen LogP contribution in [0.1, 0.15) is 203 Å². The number of nitrogens with one attached hydrogen (secondary N) is 5. The highest BCUT2D eigenvalue weighted by molar-refractivity contribution is 5.79. The van der Waals surface area contributed by atoms with Gasteiger partial charge in [-0.05, 0) is 61.7 Å². The summed E-state index contributed by atoms with van der Waals surface area (Å²) >= 11 is 0. The molecule has 0 aliphatic carbocycles. The first-order valence-corrected chi connectivity index (χ1v) is 24.5. The fourth-order valence-electron chi connectivity index (χ4n) is 3.89. The zero-order chi connectivity index (χ0) is 47.8. The number of carbonyl (C=O) groups excluding carboxylic acids is 5. The molecule has 10 heteroatoms. The Labute approximate surface area is 373 Å². The predicted molar refractivity (Wildman–Crippen MR) is 260 cm³/mol. The Kier molecular flexibility index (Phi) is 49.2. The minimum Gasteiger partial charge on any atom is -0.356 e. The van der Waals surface area contributed by atoms with Gasteiger partial charge < -0.3 is 26.6 Å². The summed E-state index contributed by atoms with van der Waals surface area (Å²) in [6.07, 6.45) is 10.2. The van der Waals surface area contributed by atoms with Crippen LogP contribution in [0.15, 0.2) is 0 Å². The van der Waals surface area contributed by atoms with Gasteiger partial charge in [-0.2, -0.15) is 0 Å². The molecule has 60 heavy (non-hydrogen) atoms. The second-order valence-electron chi connectivity index (χ2n) is 17.8. The molecule has 2 unspecified atom stereocenters. The van der Waals surface area contributed by atoms with Crippen molar-refractivity contribution < 1.29 is 24.0 Å². The zero-order valence-corrected chi connectivity index (χ0v) is 43.4. The molecule has 0 heterocycles. The summed E-state index contributed by atoms with van der Waals surface area (Å²) in [5.74, 6) is 4.74. The van der Waals surface area contributed by atoms with Gasteiger partial charge in [-0.15, -0.1) is 0 Å². The van der Waals surface area contributed by atoms with Crippen LogP contribution in [0, 0.1) is 59.2 Å². The molecule has 0 aromatic rings. The van der Waals surface area contributed by atoms with Gasteiger partial charge in [-0.25, -0.2) is 0 Å². The minimum absolute atomic E-state index is 0.161. The fraction of sp³-hybridized carbons (Fsp3) is 0.900. The van der Waals surface area contributed by atoms with Crippen LogP contribution in [0.3, 0.4) is 0 Å². The van der Waals surface area contributed by atoms with Crippen molar-refractivity contribution in [3.8, 4) is 0 Å². The van der Waals surface area contributed by atoms with Gasteiger partial charge in [0, 0.05) is 62.3 Å². The van der Waals surface area contributed by atoms with Gasteiger partial charge in [0.1, 0.15) is 0 Å². The third-order valence-electron chi connectivity index (χ3n) is 11.9. The van der Waals surface area contributed by atoms with Crippen molar-refractivity contribution in [3.63, 3.8) is 0 Å². The maximum atomic E-state index is 11.3. The van der Waals surface area contributed by atoms with Crippen LogP contribution in [0.5, 0.6) is 0 Å². The van der Waals surface area contributed by atoms with Crippen molar-refractivity contribution in [2.75, 3.05) is 32.7 Å². The Morgan fingerprint density at radius 1 is 0.250 bits per heavy atom. The van der Waals surface area contributed by atoms with E-state index in [2.05, 4.69) is 95.8 Å². The van der Waals surface area contributed by atoms with Gasteiger partial charge in [0.05, 0.1) is 0 Å². The van der Waals surface area contributed by atoms with Crippen LogP contribution in [0.2, 0.25) is 0 Å². The van der Waals surface area contributed by atoms with E-state index in [-0.39, 0.29) is 59.1 Å². The maximum absolute atomic E-state index is 11.3. The Hall–Kier alpha value is -2.65. The molecule has 0 saturated carbocycles. The molecule has 360 valence electrons. The third-order valence-corrected chi connectivity index (χ3v) is 11.9.